The van der Waals surface area contributed by atoms with Crippen LogP contribution in [0.3, 0.4) is 0 Å². The molecule has 0 bridgehead atoms. The number of hydrogen-bond acceptors (Lipinski definition) is 5. The van der Waals surface area contributed by atoms with Crippen molar-refractivity contribution in [1.82, 2.24) is 9.88 Å². The molecule has 1 aliphatic heterocycles. The fourth-order valence-corrected chi connectivity index (χ4v) is 3.12. The molecule has 0 radical (unpaired) electrons. The van der Waals surface area contributed by atoms with E-state index in [1.54, 1.807) is 16.7 Å². The Balaban J connectivity index is 1.88. The summed E-state index contributed by atoms with van der Waals surface area (Å²) in [5.74, 6) is 0.828. The number of hydrogen-bond donors (Lipinski definition) is 0. The summed E-state index contributed by atoms with van der Waals surface area (Å²) < 4.78 is 4.87. The summed E-state index contributed by atoms with van der Waals surface area (Å²) in [5.41, 5.74) is 2.54. The maximum absolute atomic E-state index is 11.3. The fraction of sp³-hybridized carbons (Fsp3) is 0.500. The van der Waals surface area contributed by atoms with E-state index in [4.69, 9.17) is 4.74 Å². The van der Waals surface area contributed by atoms with E-state index in [-0.39, 0.29) is 6.09 Å². The van der Waals surface area contributed by atoms with Crippen LogP contribution in [0.5, 0.6) is 0 Å². The Kier molecular flexibility index (Phi) is 4.85. The number of carbonyl (C=O) groups is 1. The molecule has 1 amide bonds. The number of amides is 1. The minimum absolute atomic E-state index is 0.225. The largest absolute Gasteiger partial charge is 0.448 e. The van der Waals surface area contributed by atoms with E-state index in [1.165, 1.54) is 0 Å². The SMILES string of the molecule is Cc1cc(C)c(C#N)c(SCCCN2CCOC2=O)n1. The van der Waals surface area contributed by atoms with Crippen molar-refractivity contribution < 1.29 is 9.53 Å². The summed E-state index contributed by atoms with van der Waals surface area (Å²) in [6.07, 6.45) is 0.636. The van der Waals surface area contributed by atoms with E-state index >= 15 is 0 Å². The number of nitrogens with zero attached hydrogens (tertiary/aromatic N) is 3. The van der Waals surface area contributed by atoms with Gasteiger partial charge in [0.05, 0.1) is 12.1 Å². The standard InChI is InChI=1S/C14H17N3O2S/c1-10-8-11(2)16-13(12(10)9-15)20-7-3-4-17-5-6-19-14(17)18/h8H,3-7H2,1-2H3. The van der Waals surface area contributed by atoms with Crippen LogP contribution < -0.4 is 0 Å². The smallest absolute Gasteiger partial charge is 0.409 e. The van der Waals surface area contributed by atoms with Crippen molar-refractivity contribution >= 4 is 17.9 Å². The average molecular weight is 291 g/mol. The van der Waals surface area contributed by atoms with Gasteiger partial charge in [0.15, 0.2) is 0 Å². The minimum atomic E-state index is -0.225. The lowest BCUT2D eigenvalue weighted by molar-refractivity contribution is 0.158. The molecule has 0 atom stereocenters. The third-order valence-electron chi connectivity index (χ3n) is 3.08. The first-order valence-electron chi connectivity index (χ1n) is 6.54. The monoisotopic (exact) mass is 291 g/mol. The van der Waals surface area contributed by atoms with Gasteiger partial charge in [-0.15, -0.1) is 11.8 Å². The van der Waals surface area contributed by atoms with Gasteiger partial charge in [0.25, 0.3) is 0 Å². The first kappa shape index (κ1) is 14.7. The van der Waals surface area contributed by atoms with Crippen LogP contribution in [-0.2, 0) is 4.74 Å². The second-order valence-corrected chi connectivity index (χ2v) is 5.76. The van der Waals surface area contributed by atoms with Crippen molar-refractivity contribution in [3.63, 3.8) is 0 Å². The molecule has 106 valence electrons. The van der Waals surface area contributed by atoms with Crippen molar-refractivity contribution in [3.05, 3.63) is 22.9 Å². The summed E-state index contributed by atoms with van der Waals surface area (Å²) in [6.45, 7) is 5.71. The normalized spacial score (nSPS) is 14.2. The molecule has 6 heteroatoms. The number of cyclic esters (lactones) is 1. The van der Waals surface area contributed by atoms with Crippen molar-refractivity contribution in [2.24, 2.45) is 0 Å². The zero-order valence-electron chi connectivity index (χ0n) is 11.7. The second kappa shape index (κ2) is 6.62. The molecule has 1 aromatic rings. The summed E-state index contributed by atoms with van der Waals surface area (Å²) in [4.78, 5) is 17.4. The molecule has 0 aromatic carbocycles. The predicted molar refractivity (Wildman–Crippen MR) is 76.7 cm³/mol. The highest BCUT2D eigenvalue weighted by Gasteiger charge is 2.20. The van der Waals surface area contributed by atoms with E-state index in [0.29, 0.717) is 25.3 Å². The molecular weight excluding hydrogens is 274 g/mol. The number of carbonyl (C=O) groups excluding carboxylic acids is 1. The van der Waals surface area contributed by atoms with Crippen LogP contribution in [0.2, 0.25) is 0 Å². The fourth-order valence-electron chi connectivity index (χ4n) is 2.10. The Morgan fingerprint density at radius 1 is 1.55 bits per heavy atom. The molecule has 2 rings (SSSR count). The lowest BCUT2D eigenvalue weighted by Crippen LogP contribution is -2.25. The highest BCUT2D eigenvalue weighted by molar-refractivity contribution is 7.99. The summed E-state index contributed by atoms with van der Waals surface area (Å²) in [6, 6.07) is 4.13. The van der Waals surface area contributed by atoms with Crippen LogP contribution in [0.1, 0.15) is 23.2 Å². The Morgan fingerprint density at radius 3 is 3.00 bits per heavy atom. The molecule has 1 aromatic heterocycles. The minimum Gasteiger partial charge on any atom is -0.448 e. The molecule has 1 saturated heterocycles. The third-order valence-corrected chi connectivity index (χ3v) is 4.14. The van der Waals surface area contributed by atoms with E-state index < -0.39 is 0 Å². The predicted octanol–water partition coefficient (Wildman–Crippen LogP) is 2.50. The molecule has 5 nitrogen and oxygen atoms in total. The number of thioether (sulfide) groups is 1. The number of pyridine rings is 1. The number of ether oxygens (including phenoxy) is 1. The quantitative estimate of drug-likeness (QED) is 0.616. The molecule has 1 aliphatic rings. The topological polar surface area (TPSA) is 66.2 Å². The Hall–Kier alpha value is -1.74. The van der Waals surface area contributed by atoms with Gasteiger partial charge in [-0.2, -0.15) is 5.26 Å². The highest BCUT2D eigenvalue weighted by atomic mass is 32.2. The number of aryl methyl sites for hydroxylation is 2. The molecule has 2 heterocycles. The van der Waals surface area contributed by atoms with Gasteiger partial charge in [-0.1, -0.05) is 0 Å². The van der Waals surface area contributed by atoms with Crippen molar-refractivity contribution in [1.29, 1.82) is 5.26 Å². The zero-order chi connectivity index (χ0) is 14.5. The molecule has 0 saturated carbocycles. The van der Waals surface area contributed by atoms with Crippen LogP contribution in [0, 0.1) is 25.2 Å². The van der Waals surface area contributed by atoms with Crippen LogP contribution in [0.25, 0.3) is 0 Å². The van der Waals surface area contributed by atoms with Crippen molar-refractivity contribution in [2.45, 2.75) is 25.3 Å². The van der Waals surface area contributed by atoms with Crippen LogP contribution >= 0.6 is 11.8 Å². The number of aromatic nitrogens is 1. The molecule has 0 unspecified atom stereocenters. The van der Waals surface area contributed by atoms with Crippen LogP contribution in [-0.4, -0.2) is 41.4 Å². The van der Waals surface area contributed by atoms with Crippen LogP contribution in [0.15, 0.2) is 11.1 Å². The Bertz CT molecular complexity index is 554. The zero-order valence-corrected chi connectivity index (χ0v) is 12.5. The maximum Gasteiger partial charge on any atom is 0.409 e. The second-order valence-electron chi connectivity index (χ2n) is 4.68. The van der Waals surface area contributed by atoms with Gasteiger partial charge in [0.2, 0.25) is 0 Å². The van der Waals surface area contributed by atoms with Crippen molar-refractivity contribution in [3.8, 4) is 6.07 Å². The van der Waals surface area contributed by atoms with E-state index in [2.05, 4.69) is 11.1 Å². The van der Waals surface area contributed by atoms with Crippen molar-refractivity contribution in [2.75, 3.05) is 25.4 Å². The van der Waals surface area contributed by atoms with Gasteiger partial charge in [-0.3, -0.25) is 0 Å². The molecule has 0 N–H and O–H groups in total. The lowest BCUT2D eigenvalue weighted by atomic mass is 10.1. The highest BCUT2D eigenvalue weighted by Crippen LogP contribution is 2.24. The third kappa shape index (κ3) is 3.42. The van der Waals surface area contributed by atoms with Gasteiger partial charge in [0.1, 0.15) is 17.7 Å². The van der Waals surface area contributed by atoms with E-state index in [9.17, 15) is 10.1 Å². The van der Waals surface area contributed by atoms with E-state index in [1.807, 2.05) is 19.9 Å². The first-order chi connectivity index (χ1) is 9.61. The molecule has 20 heavy (non-hydrogen) atoms. The van der Waals surface area contributed by atoms with Gasteiger partial charge < -0.3 is 9.64 Å². The number of rotatable bonds is 5. The first-order valence-corrected chi connectivity index (χ1v) is 7.53. The molecule has 0 aliphatic carbocycles. The maximum atomic E-state index is 11.3. The van der Waals surface area contributed by atoms with Gasteiger partial charge >= 0.3 is 6.09 Å². The molecule has 1 fully saturated rings. The Labute approximate surface area is 122 Å². The van der Waals surface area contributed by atoms with E-state index in [0.717, 1.165) is 28.5 Å². The van der Waals surface area contributed by atoms with Gasteiger partial charge in [-0.05, 0) is 31.9 Å². The summed E-state index contributed by atoms with van der Waals surface area (Å²) >= 11 is 1.57. The number of nitriles is 1. The van der Waals surface area contributed by atoms with Gasteiger partial charge in [0, 0.05) is 18.0 Å². The molecular formula is C14H17N3O2S. The van der Waals surface area contributed by atoms with Gasteiger partial charge in [-0.25, -0.2) is 9.78 Å². The summed E-state index contributed by atoms with van der Waals surface area (Å²) in [7, 11) is 0. The average Bonchev–Trinajstić information content (AvgIpc) is 2.80. The van der Waals surface area contributed by atoms with Crippen LogP contribution in [0.4, 0.5) is 4.79 Å². The lowest BCUT2D eigenvalue weighted by Gasteiger charge is -2.12. The molecule has 0 spiro atoms. The Morgan fingerprint density at radius 2 is 2.35 bits per heavy atom. The summed E-state index contributed by atoms with van der Waals surface area (Å²) in [5, 5.41) is 9.97.